The van der Waals surface area contributed by atoms with Gasteiger partial charge < -0.3 is 10.2 Å². The molecule has 1 aliphatic heterocycles. The van der Waals surface area contributed by atoms with Gasteiger partial charge in [0, 0.05) is 25.4 Å². The van der Waals surface area contributed by atoms with Crippen molar-refractivity contribution in [1.82, 2.24) is 10.2 Å². The highest BCUT2D eigenvalue weighted by Crippen LogP contribution is 2.33. The van der Waals surface area contributed by atoms with Crippen LogP contribution in [0, 0.1) is 5.92 Å². The van der Waals surface area contributed by atoms with Crippen molar-refractivity contribution < 1.29 is 4.79 Å². The van der Waals surface area contributed by atoms with Crippen LogP contribution in [0.15, 0.2) is 66.4 Å². The fourth-order valence-corrected chi connectivity index (χ4v) is 3.54. The van der Waals surface area contributed by atoms with Gasteiger partial charge in [-0.25, -0.2) is 0 Å². The maximum Gasteiger partial charge on any atom is 0.224 e. The Bertz CT molecular complexity index is 660. The van der Waals surface area contributed by atoms with Crippen LogP contribution >= 0.6 is 0 Å². The summed E-state index contributed by atoms with van der Waals surface area (Å²) >= 11 is 0. The standard InChI is InChI=1S/C21H26N2O/c1-16(12-13-17-8-4-3-5-9-17)22-21(24)14-18-15-23(2)20-11-7-6-10-19(18)20/h3-11,15-16,19-20H,12-14H2,1-2H3,(H,22,24). The van der Waals surface area contributed by atoms with Crippen LogP contribution in [-0.2, 0) is 11.2 Å². The lowest BCUT2D eigenvalue weighted by molar-refractivity contribution is -0.121. The first-order valence-corrected chi connectivity index (χ1v) is 8.74. The predicted molar refractivity (Wildman–Crippen MR) is 98.4 cm³/mol. The number of allylic oxidation sites excluding steroid dienone is 2. The van der Waals surface area contributed by atoms with E-state index in [1.165, 1.54) is 11.1 Å². The van der Waals surface area contributed by atoms with Crippen molar-refractivity contribution in [1.29, 1.82) is 0 Å². The minimum Gasteiger partial charge on any atom is -0.373 e. The molecule has 1 aliphatic carbocycles. The third-order valence-electron chi connectivity index (χ3n) is 4.85. The molecule has 3 heteroatoms. The number of benzene rings is 1. The van der Waals surface area contributed by atoms with E-state index in [4.69, 9.17) is 0 Å². The van der Waals surface area contributed by atoms with Gasteiger partial charge in [-0.2, -0.15) is 0 Å². The van der Waals surface area contributed by atoms with Gasteiger partial charge in [0.15, 0.2) is 0 Å². The molecule has 0 saturated heterocycles. The van der Waals surface area contributed by atoms with E-state index in [2.05, 4.69) is 79.0 Å². The number of hydrogen-bond acceptors (Lipinski definition) is 2. The number of likely N-dealkylation sites (N-methyl/N-ethyl adjacent to an activating group) is 1. The summed E-state index contributed by atoms with van der Waals surface area (Å²) in [7, 11) is 2.08. The molecule has 0 saturated carbocycles. The van der Waals surface area contributed by atoms with E-state index >= 15 is 0 Å². The largest absolute Gasteiger partial charge is 0.373 e. The molecule has 1 amide bonds. The number of nitrogens with zero attached hydrogens (tertiary/aromatic N) is 1. The predicted octanol–water partition coefficient (Wildman–Crippen LogP) is 3.45. The lowest BCUT2D eigenvalue weighted by Gasteiger charge is -2.24. The van der Waals surface area contributed by atoms with E-state index in [1.54, 1.807) is 0 Å². The fraction of sp³-hybridized carbons (Fsp3) is 0.381. The minimum absolute atomic E-state index is 0.124. The smallest absolute Gasteiger partial charge is 0.224 e. The molecule has 0 radical (unpaired) electrons. The molecule has 1 aromatic carbocycles. The van der Waals surface area contributed by atoms with Gasteiger partial charge in [-0.3, -0.25) is 4.79 Å². The van der Waals surface area contributed by atoms with Gasteiger partial charge in [-0.15, -0.1) is 0 Å². The summed E-state index contributed by atoms with van der Waals surface area (Å²) in [6.45, 7) is 2.09. The second kappa shape index (κ2) is 7.52. The van der Waals surface area contributed by atoms with Crippen LogP contribution < -0.4 is 5.32 Å². The van der Waals surface area contributed by atoms with Crippen LogP contribution in [0.5, 0.6) is 0 Å². The van der Waals surface area contributed by atoms with Crippen LogP contribution in [0.2, 0.25) is 0 Å². The van der Waals surface area contributed by atoms with E-state index in [0.717, 1.165) is 12.8 Å². The van der Waals surface area contributed by atoms with Gasteiger partial charge in [-0.05, 0) is 37.1 Å². The van der Waals surface area contributed by atoms with Crippen LogP contribution in [0.1, 0.15) is 25.3 Å². The Labute approximate surface area is 144 Å². The molecule has 3 rings (SSSR count). The van der Waals surface area contributed by atoms with E-state index in [9.17, 15) is 4.79 Å². The Hall–Kier alpha value is -2.29. The second-order valence-corrected chi connectivity index (χ2v) is 6.83. The normalized spacial score (nSPS) is 22.9. The van der Waals surface area contributed by atoms with Crippen molar-refractivity contribution in [3.05, 3.63) is 72.0 Å². The zero-order chi connectivity index (χ0) is 16.9. The highest BCUT2D eigenvalue weighted by molar-refractivity contribution is 5.79. The molecule has 1 aromatic rings. The number of amides is 1. The molecule has 24 heavy (non-hydrogen) atoms. The first kappa shape index (κ1) is 16.6. The SMILES string of the molecule is CC(CCc1ccccc1)NC(=O)CC1=CN(C)C2C=CC=CC12. The number of fused-ring (bicyclic) bond motifs is 1. The van der Waals surface area contributed by atoms with Gasteiger partial charge >= 0.3 is 0 Å². The van der Waals surface area contributed by atoms with Gasteiger partial charge in [0.2, 0.25) is 5.91 Å². The third-order valence-corrected chi connectivity index (χ3v) is 4.85. The molecule has 0 aromatic heterocycles. The van der Waals surface area contributed by atoms with E-state index in [-0.39, 0.29) is 11.9 Å². The number of carbonyl (C=O) groups is 1. The van der Waals surface area contributed by atoms with Crippen LogP contribution in [-0.4, -0.2) is 29.9 Å². The minimum atomic E-state index is 0.124. The summed E-state index contributed by atoms with van der Waals surface area (Å²) in [5.41, 5.74) is 2.52. The maximum absolute atomic E-state index is 12.4. The molecule has 1 heterocycles. The van der Waals surface area contributed by atoms with Crippen molar-refractivity contribution in [2.24, 2.45) is 5.92 Å². The molecule has 126 valence electrons. The molecule has 1 N–H and O–H groups in total. The lowest BCUT2D eigenvalue weighted by atomic mass is 9.89. The highest BCUT2D eigenvalue weighted by atomic mass is 16.1. The number of hydrogen-bond donors (Lipinski definition) is 1. The number of carbonyl (C=O) groups excluding carboxylic acids is 1. The number of aryl methyl sites for hydroxylation is 1. The first-order valence-electron chi connectivity index (χ1n) is 8.74. The third kappa shape index (κ3) is 3.97. The molecular formula is C21H26N2O. The maximum atomic E-state index is 12.4. The summed E-state index contributed by atoms with van der Waals surface area (Å²) in [6, 6.07) is 11.0. The van der Waals surface area contributed by atoms with Crippen LogP contribution in [0.4, 0.5) is 0 Å². The summed E-state index contributed by atoms with van der Waals surface area (Å²) in [4.78, 5) is 14.6. The van der Waals surface area contributed by atoms with Crippen molar-refractivity contribution >= 4 is 5.91 Å². The van der Waals surface area contributed by atoms with Gasteiger partial charge in [0.25, 0.3) is 0 Å². The molecule has 0 fully saturated rings. The van der Waals surface area contributed by atoms with Crippen molar-refractivity contribution in [2.45, 2.75) is 38.3 Å². The van der Waals surface area contributed by atoms with Crippen LogP contribution in [0.25, 0.3) is 0 Å². The lowest BCUT2D eigenvalue weighted by Crippen LogP contribution is -2.33. The first-order chi connectivity index (χ1) is 11.6. The Kier molecular flexibility index (Phi) is 5.19. The Morgan fingerprint density at radius 1 is 1.21 bits per heavy atom. The van der Waals surface area contributed by atoms with Gasteiger partial charge in [0.05, 0.1) is 6.04 Å². The monoisotopic (exact) mass is 322 g/mol. The molecule has 3 unspecified atom stereocenters. The molecular weight excluding hydrogens is 296 g/mol. The molecule has 2 aliphatic rings. The zero-order valence-corrected chi connectivity index (χ0v) is 14.5. The Morgan fingerprint density at radius 3 is 2.75 bits per heavy atom. The van der Waals surface area contributed by atoms with Crippen LogP contribution in [0.3, 0.4) is 0 Å². The highest BCUT2D eigenvalue weighted by Gasteiger charge is 2.31. The Balaban J connectivity index is 1.48. The number of rotatable bonds is 6. The second-order valence-electron chi connectivity index (χ2n) is 6.83. The molecule has 3 atom stereocenters. The summed E-state index contributed by atoms with van der Waals surface area (Å²) in [5.74, 6) is 0.462. The molecule has 0 bridgehead atoms. The van der Waals surface area contributed by atoms with E-state index < -0.39 is 0 Å². The van der Waals surface area contributed by atoms with Gasteiger partial charge in [0.1, 0.15) is 0 Å². The van der Waals surface area contributed by atoms with Gasteiger partial charge in [-0.1, -0.05) is 54.6 Å². The average Bonchev–Trinajstić information content (AvgIpc) is 2.90. The average molecular weight is 322 g/mol. The molecule has 0 spiro atoms. The summed E-state index contributed by atoms with van der Waals surface area (Å²) in [5, 5.41) is 3.15. The topological polar surface area (TPSA) is 32.3 Å². The number of nitrogens with one attached hydrogen (secondary N) is 1. The molecule has 3 nitrogen and oxygen atoms in total. The quantitative estimate of drug-likeness (QED) is 0.870. The Morgan fingerprint density at radius 2 is 1.96 bits per heavy atom. The van der Waals surface area contributed by atoms with Crippen molar-refractivity contribution in [3.8, 4) is 0 Å². The summed E-state index contributed by atoms with van der Waals surface area (Å²) < 4.78 is 0. The fourth-order valence-electron chi connectivity index (χ4n) is 3.54. The van der Waals surface area contributed by atoms with E-state index in [0.29, 0.717) is 18.4 Å². The summed E-state index contributed by atoms with van der Waals surface area (Å²) in [6.07, 6.45) is 13.1. The van der Waals surface area contributed by atoms with E-state index in [1.807, 2.05) is 6.07 Å². The zero-order valence-electron chi connectivity index (χ0n) is 14.5. The van der Waals surface area contributed by atoms with Crippen molar-refractivity contribution in [3.63, 3.8) is 0 Å². The van der Waals surface area contributed by atoms with Crippen molar-refractivity contribution in [2.75, 3.05) is 7.05 Å².